The van der Waals surface area contributed by atoms with E-state index in [9.17, 15) is 19.1 Å². The second kappa shape index (κ2) is 9.23. The molecule has 2 heterocycles. The van der Waals surface area contributed by atoms with Crippen molar-refractivity contribution >= 4 is 24.0 Å². The predicted molar refractivity (Wildman–Crippen MR) is 128 cm³/mol. The third kappa shape index (κ3) is 4.13. The van der Waals surface area contributed by atoms with E-state index in [2.05, 4.69) is 0 Å². The molecule has 0 radical (unpaired) electrons. The lowest BCUT2D eigenvalue weighted by Gasteiger charge is -2.58. The first-order valence-electron chi connectivity index (χ1n) is 11.3. The quantitative estimate of drug-likeness (QED) is 0.594. The summed E-state index contributed by atoms with van der Waals surface area (Å²) in [6.07, 6.45) is 4.09. The lowest BCUT2D eigenvalue weighted by molar-refractivity contribution is -0.159. The van der Waals surface area contributed by atoms with Gasteiger partial charge in [0.25, 0.3) is 5.91 Å². The molecule has 3 aromatic carbocycles. The van der Waals surface area contributed by atoms with Crippen LogP contribution in [0.25, 0.3) is 12.2 Å². The Morgan fingerprint density at radius 3 is 2.35 bits per heavy atom. The maximum absolute atomic E-state index is 13.6. The van der Waals surface area contributed by atoms with Crippen molar-refractivity contribution in [3.63, 3.8) is 0 Å². The Bertz CT molecular complexity index is 1230. The fourth-order valence-electron chi connectivity index (χ4n) is 5.04. The standard InChI is InChI=1S/C28H25FN2O3/c29-23-8-4-7-22(15-23)28(34)30-16-24-27(25(18-32)31(24)26(33)17-30)21-13-11-20(12-14-21)10-9-19-5-2-1-3-6-19/h1-15,24-25,27,32H,16-18H2/b10-9+/t24-,25-,27+/m1/s1. The molecule has 0 aliphatic carbocycles. The number of amides is 2. The number of aliphatic hydroxyl groups is 1. The molecule has 5 nitrogen and oxygen atoms in total. The minimum atomic E-state index is -0.487. The van der Waals surface area contributed by atoms with Gasteiger partial charge in [-0.1, -0.05) is 72.8 Å². The Morgan fingerprint density at radius 2 is 1.68 bits per heavy atom. The van der Waals surface area contributed by atoms with Crippen molar-refractivity contribution in [3.8, 4) is 0 Å². The highest BCUT2D eigenvalue weighted by atomic mass is 19.1. The number of hydrogen-bond acceptors (Lipinski definition) is 3. The van der Waals surface area contributed by atoms with Crippen molar-refractivity contribution in [1.82, 2.24) is 9.80 Å². The first-order valence-corrected chi connectivity index (χ1v) is 11.3. The predicted octanol–water partition coefficient (Wildman–Crippen LogP) is 3.81. The first kappa shape index (κ1) is 22.0. The molecule has 2 aliphatic rings. The molecule has 2 saturated heterocycles. The molecule has 172 valence electrons. The number of nitrogens with zero attached hydrogens (tertiary/aromatic N) is 2. The van der Waals surface area contributed by atoms with E-state index in [4.69, 9.17) is 0 Å². The molecule has 2 aliphatic heterocycles. The average molecular weight is 457 g/mol. The second-order valence-corrected chi connectivity index (χ2v) is 8.75. The number of aliphatic hydroxyl groups excluding tert-OH is 1. The molecule has 0 bridgehead atoms. The minimum absolute atomic E-state index is 0.0711. The van der Waals surface area contributed by atoms with Crippen LogP contribution in [0.1, 0.15) is 33.0 Å². The Morgan fingerprint density at radius 1 is 0.971 bits per heavy atom. The zero-order valence-electron chi connectivity index (χ0n) is 18.5. The maximum atomic E-state index is 13.6. The van der Waals surface area contributed by atoms with Gasteiger partial charge in [-0.3, -0.25) is 9.59 Å². The highest BCUT2D eigenvalue weighted by Crippen LogP contribution is 2.43. The van der Waals surface area contributed by atoms with E-state index in [1.165, 1.54) is 23.1 Å². The molecule has 0 unspecified atom stereocenters. The van der Waals surface area contributed by atoms with Gasteiger partial charge in [0, 0.05) is 18.0 Å². The highest BCUT2D eigenvalue weighted by Gasteiger charge is 2.54. The van der Waals surface area contributed by atoms with Crippen LogP contribution < -0.4 is 0 Å². The fraction of sp³-hybridized carbons (Fsp3) is 0.214. The zero-order valence-corrected chi connectivity index (χ0v) is 18.5. The van der Waals surface area contributed by atoms with Gasteiger partial charge in [0.2, 0.25) is 5.91 Å². The van der Waals surface area contributed by atoms with Gasteiger partial charge in [-0.25, -0.2) is 4.39 Å². The van der Waals surface area contributed by atoms with Gasteiger partial charge >= 0.3 is 0 Å². The molecule has 2 amide bonds. The average Bonchev–Trinajstić information content (AvgIpc) is 2.85. The van der Waals surface area contributed by atoms with Crippen molar-refractivity contribution in [3.05, 3.63) is 107 Å². The fourth-order valence-corrected chi connectivity index (χ4v) is 5.04. The molecule has 0 spiro atoms. The minimum Gasteiger partial charge on any atom is -0.394 e. The smallest absolute Gasteiger partial charge is 0.254 e. The van der Waals surface area contributed by atoms with Crippen LogP contribution in [0.4, 0.5) is 4.39 Å². The third-order valence-corrected chi connectivity index (χ3v) is 6.70. The van der Waals surface area contributed by atoms with Gasteiger partial charge in [0.05, 0.1) is 18.7 Å². The largest absolute Gasteiger partial charge is 0.394 e. The molecular formula is C28H25FN2O3. The molecule has 34 heavy (non-hydrogen) atoms. The second-order valence-electron chi connectivity index (χ2n) is 8.75. The van der Waals surface area contributed by atoms with Crippen LogP contribution in [0.3, 0.4) is 0 Å². The van der Waals surface area contributed by atoms with Crippen LogP contribution in [0, 0.1) is 5.82 Å². The summed E-state index contributed by atoms with van der Waals surface area (Å²) in [5.74, 6) is -1.12. The van der Waals surface area contributed by atoms with Crippen molar-refractivity contribution in [1.29, 1.82) is 0 Å². The number of piperazine rings is 1. The molecular weight excluding hydrogens is 431 g/mol. The van der Waals surface area contributed by atoms with Crippen LogP contribution >= 0.6 is 0 Å². The molecule has 2 fully saturated rings. The Hall–Kier alpha value is -3.77. The van der Waals surface area contributed by atoms with Crippen molar-refractivity contribution in [2.45, 2.75) is 18.0 Å². The summed E-state index contributed by atoms with van der Waals surface area (Å²) < 4.78 is 13.6. The Labute approximate surface area is 197 Å². The van der Waals surface area contributed by atoms with Crippen LogP contribution in [0.5, 0.6) is 0 Å². The molecule has 3 aromatic rings. The number of carbonyl (C=O) groups is 2. The number of hydrogen-bond donors (Lipinski definition) is 1. The normalized spacial score (nSPS) is 21.9. The Balaban J connectivity index is 1.34. The lowest BCUT2D eigenvalue weighted by Crippen LogP contribution is -2.73. The van der Waals surface area contributed by atoms with Gasteiger partial charge in [-0.05, 0) is 34.9 Å². The highest BCUT2D eigenvalue weighted by molar-refractivity contribution is 5.97. The van der Waals surface area contributed by atoms with Gasteiger partial charge in [0.15, 0.2) is 0 Å². The molecule has 5 rings (SSSR count). The van der Waals surface area contributed by atoms with Gasteiger partial charge in [-0.15, -0.1) is 0 Å². The van der Waals surface area contributed by atoms with Gasteiger partial charge in [0.1, 0.15) is 12.4 Å². The summed E-state index contributed by atoms with van der Waals surface area (Å²) in [7, 11) is 0. The molecule has 0 saturated carbocycles. The van der Waals surface area contributed by atoms with E-state index < -0.39 is 5.82 Å². The monoisotopic (exact) mass is 456 g/mol. The number of carbonyl (C=O) groups excluding carboxylic acids is 2. The summed E-state index contributed by atoms with van der Waals surface area (Å²) >= 11 is 0. The van der Waals surface area contributed by atoms with E-state index in [1.807, 2.05) is 66.7 Å². The van der Waals surface area contributed by atoms with E-state index in [-0.39, 0.29) is 48.5 Å². The number of fused-ring (bicyclic) bond motifs is 1. The lowest BCUT2D eigenvalue weighted by atomic mass is 9.73. The van der Waals surface area contributed by atoms with Gasteiger partial charge in [-0.2, -0.15) is 0 Å². The van der Waals surface area contributed by atoms with E-state index in [0.717, 1.165) is 16.7 Å². The summed E-state index contributed by atoms with van der Waals surface area (Å²) in [4.78, 5) is 28.9. The number of benzene rings is 3. The molecule has 6 heteroatoms. The van der Waals surface area contributed by atoms with E-state index in [0.29, 0.717) is 6.54 Å². The molecule has 0 aromatic heterocycles. The third-order valence-electron chi connectivity index (χ3n) is 6.70. The summed E-state index contributed by atoms with van der Waals surface area (Å²) in [5, 5.41) is 10.00. The summed E-state index contributed by atoms with van der Waals surface area (Å²) in [6.45, 7) is 0.136. The maximum Gasteiger partial charge on any atom is 0.254 e. The van der Waals surface area contributed by atoms with Crippen molar-refractivity contribution in [2.75, 3.05) is 19.7 Å². The van der Waals surface area contributed by atoms with E-state index >= 15 is 0 Å². The Kier molecular flexibility index (Phi) is 5.99. The SMILES string of the molecule is O=C(c1cccc(F)c1)N1CC(=O)N2[C@H](CO)[C@@H](c3ccc(/C=C/c4ccccc4)cc3)[C@H]2C1. The number of rotatable bonds is 5. The topological polar surface area (TPSA) is 60.9 Å². The van der Waals surface area contributed by atoms with Crippen LogP contribution in [0.2, 0.25) is 0 Å². The van der Waals surface area contributed by atoms with Crippen LogP contribution in [-0.2, 0) is 4.79 Å². The zero-order chi connectivity index (χ0) is 23.7. The van der Waals surface area contributed by atoms with Crippen molar-refractivity contribution < 1.29 is 19.1 Å². The molecule has 3 atom stereocenters. The number of halogens is 1. The first-order chi connectivity index (χ1) is 16.5. The van der Waals surface area contributed by atoms with Crippen molar-refractivity contribution in [2.24, 2.45) is 0 Å². The summed E-state index contributed by atoms with van der Waals surface area (Å²) in [5.41, 5.74) is 3.41. The van der Waals surface area contributed by atoms with Gasteiger partial charge < -0.3 is 14.9 Å². The van der Waals surface area contributed by atoms with Crippen LogP contribution in [-0.4, -0.2) is 58.5 Å². The van der Waals surface area contributed by atoms with Crippen LogP contribution in [0.15, 0.2) is 78.9 Å². The molecule has 1 N–H and O–H groups in total. The summed E-state index contributed by atoms with van der Waals surface area (Å²) in [6, 6.07) is 23.1. The van der Waals surface area contributed by atoms with E-state index in [1.54, 1.807) is 11.0 Å².